The van der Waals surface area contributed by atoms with Crippen LogP contribution in [0.25, 0.3) is 6.08 Å². The molecular weight excluding hydrogens is 590 g/mol. The van der Waals surface area contributed by atoms with Crippen molar-refractivity contribution in [3.63, 3.8) is 0 Å². The summed E-state index contributed by atoms with van der Waals surface area (Å²) in [6.45, 7) is 3.61. The van der Waals surface area contributed by atoms with Gasteiger partial charge in [-0.25, -0.2) is 0 Å². The van der Waals surface area contributed by atoms with Crippen LogP contribution in [0, 0.1) is 5.41 Å². The Bertz CT molecular complexity index is 1410. The summed E-state index contributed by atoms with van der Waals surface area (Å²) in [4.78, 5) is 12.9. The van der Waals surface area contributed by atoms with Crippen LogP contribution in [-0.4, -0.2) is 111 Å². The Balaban J connectivity index is 1.08. The number of aliphatic hydroxyl groups excluding tert-OH is 5. The zero-order valence-corrected chi connectivity index (χ0v) is 24.8. The minimum absolute atomic E-state index is 0.00286. The number of fused-ring (bicyclic) bond motifs is 1. The monoisotopic (exact) mass is 629 g/mol. The maximum Gasteiger partial charge on any atom is 0.247 e. The standard InChI is InChI=1S/C32H39NO12/c1-15(30(40)33-21-22(35)24(37)28-27(23(21)36)42-14-43-28)10-16-8-9-19(18(34)11-16)44-31-26(39)25(38)29(45-31)32(2)12-20(41-13-32)17-6-4-3-5-7-17/h3-11,20-29,31,34-39H,12-14H2,1-2H3,(H,33,40)/b15-10+/t20?,21?,22-,23+,24+,25-,26-,27-,28+,29-,31+,32?/m0/s1. The van der Waals surface area contributed by atoms with E-state index in [-0.39, 0.29) is 30.0 Å². The predicted molar refractivity (Wildman–Crippen MR) is 155 cm³/mol. The second-order valence-electron chi connectivity index (χ2n) is 12.5. The lowest BCUT2D eigenvalue weighted by Gasteiger charge is -2.41. The fraction of sp³-hybridized carbons (Fsp3) is 0.531. The largest absolute Gasteiger partial charge is 0.504 e. The van der Waals surface area contributed by atoms with Crippen molar-refractivity contribution in [1.29, 1.82) is 0 Å². The van der Waals surface area contributed by atoms with Gasteiger partial charge in [-0.2, -0.15) is 0 Å². The first-order valence-corrected chi connectivity index (χ1v) is 14.9. The van der Waals surface area contributed by atoms with Crippen LogP contribution >= 0.6 is 0 Å². The quantitative estimate of drug-likeness (QED) is 0.205. The first-order valence-electron chi connectivity index (χ1n) is 14.9. The number of hydrogen-bond donors (Lipinski definition) is 7. The molecule has 0 bridgehead atoms. The highest BCUT2D eigenvalue weighted by Crippen LogP contribution is 2.48. The molecular formula is C32H39NO12. The van der Waals surface area contributed by atoms with Gasteiger partial charge in [-0.05, 0) is 42.7 Å². The van der Waals surface area contributed by atoms with Crippen molar-refractivity contribution in [1.82, 2.24) is 5.32 Å². The van der Waals surface area contributed by atoms with Crippen molar-refractivity contribution in [2.24, 2.45) is 5.41 Å². The zero-order chi connectivity index (χ0) is 32.0. The first kappa shape index (κ1) is 31.9. The number of amides is 1. The molecule has 13 nitrogen and oxygen atoms in total. The van der Waals surface area contributed by atoms with Crippen LogP contribution < -0.4 is 10.1 Å². The molecule has 6 rings (SSSR count). The van der Waals surface area contributed by atoms with Gasteiger partial charge in [0.05, 0.1) is 24.9 Å². The summed E-state index contributed by atoms with van der Waals surface area (Å²) in [5.74, 6) is -0.920. The first-order chi connectivity index (χ1) is 21.5. The Morgan fingerprint density at radius 2 is 1.64 bits per heavy atom. The Morgan fingerprint density at radius 1 is 0.933 bits per heavy atom. The summed E-state index contributed by atoms with van der Waals surface area (Å²) >= 11 is 0. The van der Waals surface area contributed by atoms with E-state index in [1.165, 1.54) is 25.1 Å². The molecule has 3 aliphatic heterocycles. The number of phenols is 1. The zero-order valence-electron chi connectivity index (χ0n) is 24.8. The highest BCUT2D eigenvalue weighted by Gasteiger charge is 2.56. The fourth-order valence-corrected chi connectivity index (χ4v) is 6.62. The van der Waals surface area contributed by atoms with Crippen LogP contribution in [0.3, 0.4) is 0 Å². The Morgan fingerprint density at radius 3 is 2.36 bits per heavy atom. The van der Waals surface area contributed by atoms with Gasteiger partial charge in [0.15, 0.2) is 11.5 Å². The predicted octanol–water partition coefficient (Wildman–Crippen LogP) is 0.111. The highest BCUT2D eigenvalue weighted by atomic mass is 16.7. The van der Waals surface area contributed by atoms with Crippen molar-refractivity contribution < 1.29 is 59.1 Å². The van der Waals surface area contributed by atoms with Gasteiger partial charge >= 0.3 is 0 Å². The number of rotatable bonds is 7. The number of aromatic hydroxyl groups is 1. The molecule has 45 heavy (non-hydrogen) atoms. The van der Waals surface area contributed by atoms with Crippen LogP contribution in [0.15, 0.2) is 54.1 Å². The van der Waals surface area contributed by atoms with E-state index < -0.39 is 72.5 Å². The van der Waals surface area contributed by atoms with E-state index in [0.29, 0.717) is 18.6 Å². The molecule has 13 heteroatoms. The maximum atomic E-state index is 12.9. The molecule has 1 aliphatic carbocycles. The van der Waals surface area contributed by atoms with E-state index >= 15 is 0 Å². The van der Waals surface area contributed by atoms with Crippen molar-refractivity contribution in [3.05, 3.63) is 65.2 Å². The van der Waals surface area contributed by atoms with Gasteiger partial charge in [-0.1, -0.05) is 43.3 Å². The van der Waals surface area contributed by atoms with Gasteiger partial charge in [0.2, 0.25) is 12.2 Å². The third kappa shape index (κ3) is 6.08. The Labute approximate surface area is 259 Å². The van der Waals surface area contributed by atoms with Gasteiger partial charge in [0.1, 0.15) is 49.5 Å². The average Bonchev–Trinajstić information content (AvgIpc) is 3.75. The number of aliphatic hydroxyl groups is 5. The topological polar surface area (TPSA) is 197 Å². The molecule has 3 heterocycles. The molecule has 0 radical (unpaired) electrons. The smallest absolute Gasteiger partial charge is 0.247 e. The van der Waals surface area contributed by atoms with Gasteiger partial charge in [0.25, 0.3) is 0 Å². The molecule has 0 aromatic heterocycles. The number of ether oxygens (including phenoxy) is 5. The molecule has 4 aliphatic rings. The molecule has 1 saturated carbocycles. The van der Waals surface area contributed by atoms with E-state index in [9.17, 15) is 35.4 Å². The minimum atomic E-state index is -1.49. The lowest BCUT2D eigenvalue weighted by atomic mass is 9.78. The SMILES string of the molecule is C/C(=C\c1ccc(O[C@@H]2O[C@H](C3(C)COC(c4ccccc4)C3)[C@@H](O)[C@@H]2O)c(O)c1)C(=O)NC1[C@@H](O)[C@@H]2OCO[C@@H]2[C@H](O)[C@H]1O. The van der Waals surface area contributed by atoms with Crippen LogP contribution in [0.1, 0.15) is 37.5 Å². The normalized spacial score (nSPS) is 39.9. The summed E-state index contributed by atoms with van der Waals surface area (Å²) in [7, 11) is 0. The summed E-state index contributed by atoms with van der Waals surface area (Å²) in [5, 5.41) is 66.3. The molecule has 3 unspecified atom stereocenters. The second-order valence-corrected chi connectivity index (χ2v) is 12.5. The van der Waals surface area contributed by atoms with Gasteiger partial charge in [-0.15, -0.1) is 0 Å². The molecule has 1 amide bonds. The summed E-state index contributed by atoms with van der Waals surface area (Å²) < 4.78 is 28.4. The number of phenolic OH excluding ortho intramolecular Hbond substituents is 1. The van der Waals surface area contributed by atoms with Crippen LogP contribution in [0.5, 0.6) is 11.5 Å². The van der Waals surface area contributed by atoms with Crippen molar-refractivity contribution in [2.45, 2.75) is 87.5 Å². The van der Waals surface area contributed by atoms with Gasteiger partial charge in [0, 0.05) is 11.0 Å². The van der Waals surface area contributed by atoms with Crippen LogP contribution in [0.2, 0.25) is 0 Å². The molecule has 2 aromatic carbocycles. The van der Waals surface area contributed by atoms with Crippen molar-refractivity contribution >= 4 is 12.0 Å². The summed E-state index contributed by atoms with van der Waals surface area (Å²) in [6.07, 6.45) is -8.76. The molecule has 244 valence electrons. The lowest BCUT2D eigenvalue weighted by molar-refractivity contribution is -0.155. The summed E-state index contributed by atoms with van der Waals surface area (Å²) in [6, 6.07) is 12.9. The molecule has 0 spiro atoms. The third-order valence-electron chi connectivity index (χ3n) is 9.21. The average molecular weight is 630 g/mol. The number of benzene rings is 2. The molecule has 2 aromatic rings. The number of carbonyl (C=O) groups excluding carboxylic acids is 1. The number of nitrogens with one attached hydrogen (secondary N) is 1. The summed E-state index contributed by atoms with van der Waals surface area (Å²) in [5.41, 5.74) is 1.03. The number of hydrogen-bond acceptors (Lipinski definition) is 12. The van der Waals surface area contributed by atoms with Gasteiger partial charge in [-0.3, -0.25) is 4.79 Å². The van der Waals surface area contributed by atoms with Crippen LogP contribution in [0.4, 0.5) is 0 Å². The molecule has 7 N–H and O–H groups in total. The molecule has 3 saturated heterocycles. The highest BCUT2D eigenvalue weighted by molar-refractivity contribution is 5.97. The van der Waals surface area contributed by atoms with E-state index in [2.05, 4.69) is 5.32 Å². The minimum Gasteiger partial charge on any atom is -0.504 e. The molecule has 12 atom stereocenters. The van der Waals surface area contributed by atoms with E-state index in [4.69, 9.17) is 23.7 Å². The van der Waals surface area contributed by atoms with E-state index in [0.717, 1.165) is 5.56 Å². The maximum absolute atomic E-state index is 12.9. The fourth-order valence-electron chi connectivity index (χ4n) is 6.62. The number of carbonyl (C=O) groups is 1. The third-order valence-corrected chi connectivity index (χ3v) is 9.21. The molecule has 4 fully saturated rings. The van der Waals surface area contributed by atoms with Crippen LogP contribution in [-0.2, 0) is 23.7 Å². The van der Waals surface area contributed by atoms with Crippen molar-refractivity contribution in [3.8, 4) is 11.5 Å². The van der Waals surface area contributed by atoms with E-state index in [1.54, 1.807) is 6.07 Å². The second kappa shape index (κ2) is 12.6. The Hall–Kier alpha value is -3.11. The lowest BCUT2D eigenvalue weighted by Crippen LogP contribution is -2.67. The van der Waals surface area contributed by atoms with E-state index in [1.807, 2.05) is 37.3 Å². The Kier molecular flexibility index (Phi) is 8.91. The van der Waals surface area contributed by atoms with Crippen molar-refractivity contribution in [2.75, 3.05) is 13.4 Å². The van der Waals surface area contributed by atoms with Gasteiger partial charge < -0.3 is 59.6 Å².